The van der Waals surface area contributed by atoms with Crippen molar-refractivity contribution in [2.45, 2.75) is 39.7 Å². The van der Waals surface area contributed by atoms with Gasteiger partial charge in [-0.15, -0.1) is 0 Å². The van der Waals surface area contributed by atoms with Gasteiger partial charge in [0.25, 0.3) is 0 Å². The standard InChI is InChI=1S/C16H20O3/c1-10(11(2)17)9-13-15(18)12-7-5-6-8-14(12)19-16(13,3)4/h5-8,10,13H,9H2,1-4H3. The van der Waals surface area contributed by atoms with E-state index in [1.165, 1.54) is 0 Å². The monoisotopic (exact) mass is 260 g/mol. The normalized spacial score (nSPS) is 22.3. The molecule has 1 aromatic rings. The number of fused-ring (bicyclic) bond motifs is 1. The van der Waals surface area contributed by atoms with E-state index in [1.807, 2.05) is 39.0 Å². The molecule has 0 amide bonds. The first kappa shape index (κ1) is 13.8. The third-order valence-electron chi connectivity index (χ3n) is 3.96. The van der Waals surface area contributed by atoms with E-state index in [9.17, 15) is 9.59 Å². The molecule has 2 rings (SSSR count). The topological polar surface area (TPSA) is 43.4 Å². The minimum atomic E-state index is -0.574. The molecule has 0 N–H and O–H groups in total. The number of benzene rings is 1. The Morgan fingerprint density at radius 3 is 2.63 bits per heavy atom. The average molecular weight is 260 g/mol. The Morgan fingerprint density at radius 2 is 2.00 bits per heavy atom. The third kappa shape index (κ3) is 2.55. The average Bonchev–Trinajstić information content (AvgIpc) is 2.33. The summed E-state index contributed by atoms with van der Waals surface area (Å²) >= 11 is 0. The zero-order chi connectivity index (χ0) is 14.2. The van der Waals surface area contributed by atoms with E-state index in [4.69, 9.17) is 4.74 Å². The van der Waals surface area contributed by atoms with Crippen LogP contribution in [0.3, 0.4) is 0 Å². The van der Waals surface area contributed by atoms with Crippen LogP contribution in [0.5, 0.6) is 5.75 Å². The lowest BCUT2D eigenvalue weighted by Crippen LogP contribution is -2.47. The predicted molar refractivity (Wildman–Crippen MR) is 73.4 cm³/mol. The van der Waals surface area contributed by atoms with Gasteiger partial charge in [-0.25, -0.2) is 0 Å². The molecule has 0 saturated carbocycles. The molecule has 1 aromatic carbocycles. The number of carbonyl (C=O) groups excluding carboxylic acids is 2. The molecule has 2 unspecified atom stereocenters. The third-order valence-corrected chi connectivity index (χ3v) is 3.96. The number of para-hydroxylation sites is 1. The molecule has 19 heavy (non-hydrogen) atoms. The summed E-state index contributed by atoms with van der Waals surface area (Å²) in [4.78, 5) is 24.0. The summed E-state index contributed by atoms with van der Waals surface area (Å²) in [5.41, 5.74) is 0.0531. The fourth-order valence-electron chi connectivity index (χ4n) is 2.53. The lowest BCUT2D eigenvalue weighted by Gasteiger charge is -2.39. The lowest BCUT2D eigenvalue weighted by atomic mass is 9.76. The van der Waals surface area contributed by atoms with E-state index in [0.29, 0.717) is 17.7 Å². The molecule has 0 spiro atoms. The Balaban J connectivity index is 2.34. The highest BCUT2D eigenvalue weighted by molar-refractivity contribution is 6.02. The molecule has 1 aliphatic heterocycles. The van der Waals surface area contributed by atoms with Crippen LogP contribution in [0.1, 0.15) is 44.5 Å². The fourth-order valence-corrected chi connectivity index (χ4v) is 2.53. The minimum absolute atomic E-state index is 0.0833. The van der Waals surface area contributed by atoms with E-state index in [2.05, 4.69) is 0 Å². The molecule has 0 saturated heterocycles. The fraction of sp³-hybridized carbons (Fsp3) is 0.500. The highest BCUT2D eigenvalue weighted by atomic mass is 16.5. The highest BCUT2D eigenvalue weighted by Crippen LogP contribution is 2.39. The van der Waals surface area contributed by atoms with Crippen molar-refractivity contribution in [3.8, 4) is 5.75 Å². The molecule has 0 bridgehead atoms. The molecule has 0 radical (unpaired) electrons. The lowest BCUT2D eigenvalue weighted by molar-refractivity contribution is -0.121. The van der Waals surface area contributed by atoms with Gasteiger partial charge in [0.2, 0.25) is 0 Å². The van der Waals surface area contributed by atoms with Gasteiger partial charge in [0, 0.05) is 5.92 Å². The van der Waals surface area contributed by atoms with E-state index >= 15 is 0 Å². The Bertz CT molecular complexity index is 516. The number of ether oxygens (including phenoxy) is 1. The second-order valence-corrected chi connectivity index (χ2v) is 5.87. The van der Waals surface area contributed by atoms with Crippen LogP contribution in [0.15, 0.2) is 24.3 Å². The number of hydrogen-bond donors (Lipinski definition) is 0. The number of Topliss-reactive ketones (excluding diaryl/α,β-unsaturated/α-hetero) is 2. The van der Waals surface area contributed by atoms with Crippen molar-refractivity contribution in [2.24, 2.45) is 11.8 Å². The molecule has 1 aliphatic rings. The van der Waals surface area contributed by atoms with Crippen LogP contribution in [-0.2, 0) is 4.79 Å². The van der Waals surface area contributed by atoms with Crippen molar-refractivity contribution < 1.29 is 14.3 Å². The van der Waals surface area contributed by atoms with Crippen LogP contribution < -0.4 is 4.74 Å². The second-order valence-electron chi connectivity index (χ2n) is 5.87. The SMILES string of the molecule is CC(=O)C(C)CC1C(=O)c2ccccc2OC1(C)C. The van der Waals surface area contributed by atoms with Gasteiger partial charge in [-0.2, -0.15) is 0 Å². The summed E-state index contributed by atoms with van der Waals surface area (Å²) < 4.78 is 5.95. The van der Waals surface area contributed by atoms with E-state index < -0.39 is 5.60 Å². The number of rotatable bonds is 3. The quantitative estimate of drug-likeness (QED) is 0.837. The van der Waals surface area contributed by atoms with Crippen LogP contribution in [0, 0.1) is 11.8 Å². The van der Waals surface area contributed by atoms with Gasteiger partial charge >= 0.3 is 0 Å². The molecule has 3 nitrogen and oxygen atoms in total. The Labute approximate surface area is 114 Å². The van der Waals surface area contributed by atoms with Crippen LogP contribution in [0.25, 0.3) is 0 Å². The molecule has 3 heteroatoms. The maximum Gasteiger partial charge on any atom is 0.173 e. The molecule has 0 fully saturated rings. The van der Waals surface area contributed by atoms with Crippen LogP contribution in [-0.4, -0.2) is 17.2 Å². The van der Waals surface area contributed by atoms with Crippen LogP contribution >= 0.6 is 0 Å². The molecule has 102 valence electrons. The van der Waals surface area contributed by atoms with E-state index in [-0.39, 0.29) is 23.4 Å². The first-order chi connectivity index (χ1) is 8.83. The summed E-state index contributed by atoms with van der Waals surface area (Å²) in [6.07, 6.45) is 0.537. The maximum absolute atomic E-state index is 12.6. The van der Waals surface area contributed by atoms with Crippen molar-refractivity contribution in [1.29, 1.82) is 0 Å². The first-order valence-electron chi connectivity index (χ1n) is 6.65. The van der Waals surface area contributed by atoms with Crippen molar-refractivity contribution in [2.75, 3.05) is 0 Å². The Hall–Kier alpha value is -1.64. The summed E-state index contributed by atoms with van der Waals surface area (Å²) in [5.74, 6) is 0.440. The van der Waals surface area contributed by atoms with E-state index in [0.717, 1.165) is 0 Å². The molecule has 0 aliphatic carbocycles. The van der Waals surface area contributed by atoms with Gasteiger partial charge in [0.05, 0.1) is 11.5 Å². The van der Waals surface area contributed by atoms with Gasteiger partial charge in [-0.1, -0.05) is 19.1 Å². The van der Waals surface area contributed by atoms with Gasteiger partial charge in [-0.05, 0) is 39.3 Å². The van der Waals surface area contributed by atoms with Gasteiger partial charge in [-0.3, -0.25) is 9.59 Å². The smallest absolute Gasteiger partial charge is 0.173 e. The Kier molecular flexibility index (Phi) is 3.48. The number of ketones is 2. The largest absolute Gasteiger partial charge is 0.486 e. The number of carbonyl (C=O) groups is 2. The second kappa shape index (κ2) is 4.80. The zero-order valence-electron chi connectivity index (χ0n) is 11.9. The molecule has 0 aromatic heterocycles. The molecule has 2 atom stereocenters. The summed E-state index contributed by atoms with van der Waals surface area (Å²) in [6, 6.07) is 7.31. The minimum Gasteiger partial charge on any atom is -0.486 e. The van der Waals surface area contributed by atoms with Crippen molar-refractivity contribution in [1.82, 2.24) is 0 Å². The van der Waals surface area contributed by atoms with Gasteiger partial charge < -0.3 is 4.74 Å². The predicted octanol–water partition coefficient (Wildman–Crippen LogP) is 3.27. The summed E-state index contributed by atoms with van der Waals surface area (Å²) in [6.45, 7) is 7.27. The number of hydrogen-bond acceptors (Lipinski definition) is 3. The summed E-state index contributed by atoms with van der Waals surface area (Å²) in [7, 11) is 0. The highest BCUT2D eigenvalue weighted by Gasteiger charge is 2.43. The summed E-state index contributed by atoms with van der Waals surface area (Å²) in [5, 5.41) is 0. The maximum atomic E-state index is 12.6. The van der Waals surface area contributed by atoms with Crippen molar-refractivity contribution in [3.05, 3.63) is 29.8 Å². The molecular weight excluding hydrogens is 240 g/mol. The first-order valence-corrected chi connectivity index (χ1v) is 6.65. The van der Waals surface area contributed by atoms with Crippen molar-refractivity contribution in [3.63, 3.8) is 0 Å². The van der Waals surface area contributed by atoms with Crippen LogP contribution in [0.4, 0.5) is 0 Å². The zero-order valence-corrected chi connectivity index (χ0v) is 11.9. The van der Waals surface area contributed by atoms with Crippen molar-refractivity contribution >= 4 is 11.6 Å². The molecule has 1 heterocycles. The molecular formula is C16H20O3. The van der Waals surface area contributed by atoms with E-state index in [1.54, 1.807) is 13.0 Å². The van der Waals surface area contributed by atoms with Gasteiger partial charge in [0.1, 0.15) is 17.1 Å². The van der Waals surface area contributed by atoms with Crippen LogP contribution in [0.2, 0.25) is 0 Å². The van der Waals surface area contributed by atoms with Gasteiger partial charge in [0.15, 0.2) is 5.78 Å². The Morgan fingerprint density at radius 1 is 1.37 bits per heavy atom.